The highest BCUT2D eigenvalue weighted by Gasteiger charge is 2.10. The quantitative estimate of drug-likeness (QED) is 0.781. The summed E-state index contributed by atoms with van der Waals surface area (Å²) in [6.45, 7) is 4.66. The molecular weight excluding hydrogens is 309 g/mol. The van der Waals surface area contributed by atoms with E-state index in [-0.39, 0.29) is 18.3 Å². The number of halogens is 1. The number of carbonyl (C=O) groups excluding carboxylic acids is 1. The molecule has 0 unspecified atom stereocenters. The van der Waals surface area contributed by atoms with Gasteiger partial charge in [0.05, 0.1) is 6.54 Å². The molecule has 0 heterocycles. The van der Waals surface area contributed by atoms with Crippen LogP contribution in [0.25, 0.3) is 0 Å². The summed E-state index contributed by atoms with van der Waals surface area (Å²) < 4.78 is 23.9. The smallest absolute Gasteiger partial charge is 0.260 e. The molecule has 128 valence electrons. The normalized spacial score (nSPS) is 10.3. The van der Waals surface area contributed by atoms with Crippen LogP contribution in [0.3, 0.4) is 0 Å². The van der Waals surface area contributed by atoms with Gasteiger partial charge in [-0.1, -0.05) is 12.1 Å². The molecule has 2 aromatic carbocycles. The molecule has 0 atom stereocenters. The molecule has 24 heavy (non-hydrogen) atoms. The predicted octanol–water partition coefficient (Wildman–Crippen LogP) is 3.36. The zero-order valence-corrected chi connectivity index (χ0v) is 14.2. The summed E-state index contributed by atoms with van der Waals surface area (Å²) in [4.78, 5) is 13.6. The van der Waals surface area contributed by atoms with E-state index in [0.717, 1.165) is 16.9 Å². The van der Waals surface area contributed by atoms with Gasteiger partial charge in [0.15, 0.2) is 6.61 Å². The highest BCUT2D eigenvalue weighted by molar-refractivity contribution is 5.77. The number of ether oxygens (including phenoxy) is 2. The van der Waals surface area contributed by atoms with Crippen molar-refractivity contribution in [2.24, 2.45) is 0 Å². The van der Waals surface area contributed by atoms with Gasteiger partial charge in [-0.05, 0) is 55.3 Å². The molecule has 5 heteroatoms. The fourth-order valence-electron chi connectivity index (χ4n) is 2.07. The fraction of sp³-hybridized carbons (Fsp3) is 0.316. The third-order valence-corrected chi connectivity index (χ3v) is 3.63. The first kappa shape index (κ1) is 17.8. The number of nitrogens with zero attached hydrogens (tertiary/aromatic N) is 1. The maximum atomic E-state index is 12.8. The number of rotatable bonds is 7. The number of hydrogen-bond acceptors (Lipinski definition) is 3. The Kier molecular flexibility index (Phi) is 6.18. The van der Waals surface area contributed by atoms with Gasteiger partial charge in [-0.25, -0.2) is 4.39 Å². The number of carbonyl (C=O) groups is 1. The van der Waals surface area contributed by atoms with Gasteiger partial charge in [0.25, 0.3) is 5.91 Å². The van der Waals surface area contributed by atoms with E-state index < -0.39 is 0 Å². The first-order valence-electron chi connectivity index (χ1n) is 7.78. The van der Waals surface area contributed by atoms with Crippen LogP contribution in [0.1, 0.15) is 11.1 Å². The Morgan fingerprint density at radius 1 is 1.08 bits per heavy atom. The van der Waals surface area contributed by atoms with Crippen molar-refractivity contribution in [1.82, 2.24) is 4.90 Å². The minimum Gasteiger partial charge on any atom is -0.492 e. The lowest BCUT2D eigenvalue weighted by molar-refractivity contribution is -0.132. The lowest BCUT2D eigenvalue weighted by Gasteiger charge is -2.18. The highest BCUT2D eigenvalue weighted by Crippen LogP contribution is 2.19. The zero-order chi connectivity index (χ0) is 17.5. The molecule has 1 amide bonds. The largest absolute Gasteiger partial charge is 0.492 e. The second-order valence-corrected chi connectivity index (χ2v) is 5.68. The summed E-state index contributed by atoms with van der Waals surface area (Å²) in [6.07, 6.45) is 0. The number of aryl methyl sites for hydroxylation is 2. The minimum atomic E-state index is -0.307. The van der Waals surface area contributed by atoms with Crippen molar-refractivity contribution in [3.8, 4) is 11.5 Å². The Labute approximate surface area is 141 Å². The standard InChI is InChI=1S/C19H22FNO3/c1-14-4-5-15(2)18(12-14)24-13-19(22)21(3)10-11-23-17-8-6-16(20)7-9-17/h4-9,12H,10-11,13H2,1-3H3. The molecule has 0 aliphatic heterocycles. The number of hydrogen-bond donors (Lipinski definition) is 0. The Morgan fingerprint density at radius 2 is 1.79 bits per heavy atom. The van der Waals surface area contributed by atoms with Crippen LogP contribution in [0.4, 0.5) is 4.39 Å². The molecule has 0 spiro atoms. The monoisotopic (exact) mass is 331 g/mol. The third kappa shape index (κ3) is 5.26. The van der Waals surface area contributed by atoms with Gasteiger partial charge in [-0.15, -0.1) is 0 Å². The average molecular weight is 331 g/mol. The van der Waals surface area contributed by atoms with Crippen LogP contribution in [0.15, 0.2) is 42.5 Å². The van der Waals surface area contributed by atoms with Gasteiger partial charge >= 0.3 is 0 Å². The van der Waals surface area contributed by atoms with E-state index >= 15 is 0 Å². The van der Waals surface area contributed by atoms with Crippen LogP contribution in [-0.4, -0.2) is 37.6 Å². The molecule has 2 aromatic rings. The molecule has 0 N–H and O–H groups in total. The lowest BCUT2D eigenvalue weighted by atomic mass is 10.1. The van der Waals surface area contributed by atoms with E-state index in [1.54, 1.807) is 24.1 Å². The van der Waals surface area contributed by atoms with Crippen molar-refractivity contribution in [3.63, 3.8) is 0 Å². The second-order valence-electron chi connectivity index (χ2n) is 5.68. The van der Waals surface area contributed by atoms with Crippen molar-refractivity contribution in [3.05, 3.63) is 59.4 Å². The van der Waals surface area contributed by atoms with E-state index in [2.05, 4.69) is 0 Å². The maximum Gasteiger partial charge on any atom is 0.260 e. The van der Waals surface area contributed by atoms with E-state index in [1.165, 1.54) is 12.1 Å². The van der Waals surface area contributed by atoms with Crippen molar-refractivity contribution in [2.45, 2.75) is 13.8 Å². The topological polar surface area (TPSA) is 38.8 Å². The van der Waals surface area contributed by atoms with Crippen LogP contribution in [0.5, 0.6) is 11.5 Å². The van der Waals surface area contributed by atoms with Gasteiger partial charge in [0.1, 0.15) is 23.9 Å². The SMILES string of the molecule is Cc1ccc(C)c(OCC(=O)N(C)CCOc2ccc(F)cc2)c1. The van der Waals surface area contributed by atoms with E-state index in [1.807, 2.05) is 32.0 Å². The van der Waals surface area contributed by atoms with Gasteiger partial charge in [-0.3, -0.25) is 4.79 Å². The summed E-state index contributed by atoms with van der Waals surface area (Å²) in [7, 11) is 1.70. The molecule has 0 aliphatic rings. The summed E-state index contributed by atoms with van der Waals surface area (Å²) in [5.41, 5.74) is 2.08. The lowest BCUT2D eigenvalue weighted by Crippen LogP contribution is -2.34. The molecule has 0 bridgehead atoms. The third-order valence-electron chi connectivity index (χ3n) is 3.63. The molecule has 0 fully saturated rings. The Morgan fingerprint density at radius 3 is 2.50 bits per heavy atom. The first-order chi connectivity index (χ1) is 11.5. The molecule has 0 saturated heterocycles. The summed E-state index contributed by atoms with van der Waals surface area (Å²) in [5.74, 6) is 0.861. The Balaban J connectivity index is 1.75. The summed E-state index contributed by atoms with van der Waals surface area (Å²) >= 11 is 0. The van der Waals surface area contributed by atoms with Crippen LogP contribution in [0, 0.1) is 19.7 Å². The molecule has 0 saturated carbocycles. The van der Waals surface area contributed by atoms with Crippen LogP contribution >= 0.6 is 0 Å². The highest BCUT2D eigenvalue weighted by atomic mass is 19.1. The van der Waals surface area contributed by atoms with Crippen LogP contribution in [0.2, 0.25) is 0 Å². The Bertz CT molecular complexity index is 686. The molecule has 0 aliphatic carbocycles. The fourth-order valence-corrected chi connectivity index (χ4v) is 2.07. The zero-order valence-electron chi connectivity index (χ0n) is 14.2. The number of likely N-dealkylation sites (N-methyl/N-ethyl adjacent to an activating group) is 1. The van der Waals surface area contributed by atoms with Crippen molar-refractivity contribution in [1.29, 1.82) is 0 Å². The minimum absolute atomic E-state index is 0.0165. The summed E-state index contributed by atoms with van der Waals surface area (Å²) in [5, 5.41) is 0. The molecule has 4 nitrogen and oxygen atoms in total. The van der Waals surface area contributed by atoms with Crippen LogP contribution in [-0.2, 0) is 4.79 Å². The van der Waals surface area contributed by atoms with E-state index in [9.17, 15) is 9.18 Å². The van der Waals surface area contributed by atoms with Gasteiger partial charge in [-0.2, -0.15) is 0 Å². The molecule has 0 aromatic heterocycles. The van der Waals surface area contributed by atoms with Crippen molar-refractivity contribution in [2.75, 3.05) is 26.8 Å². The first-order valence-corrected chi connectivity index (χ1v) is 7.78. The second kappa shape index (κ2) is 8.34. The Hall–Kier alpha value is -2.56. The van der Waals surface area contributed by atoms with Gasteiger partial charge in [0, 0.05) is 7.05 Å². The van der Waals surface area contributed by atoms with E-state index in [0.29, 0.717) is 18.9 Å². The van der Waals surface area contributed by atoms with Gasteiger partial charge < -0.3 is 14.4 Å². The van der Waals surface area contributed by atoms with Crippen LogP contribution < -0.4 is 9.47 Å². The van der Waals surface area contributed by atoms with Crippen molar-refractivity contribution >= 4 is 5.91 Å². The number of amides is 1. The maximum absolute atomic E-state index is 12.8. The predicted molar refractivity (Wildman–Crippen MR) is 90.9 cm³/mol. The average Bonchev–Trinajstić information content (AvgIpc) is 2.57. The van der Waals surface area contributed by atoms with Crippen molar-refractivity contribution < 1.29 is 18.7 Å². The van der Waals surface area contributed by atoms with Gasteiger partial charge in [0.2, 0.25) is 0 Å². The molecule has 2 rings (SSSR count). The molecule has 0 radical (unpaired) electrons. The number of benzene rings is 2. The summed E-state index contributed by atoms with van der Waals surface area (Å²) in [6, 6.07) is 11.7. The van der Waals surface area contributed by atoms with E-state index in [4.69, 9.17) is 9.47 Å². The molecular formula is C19H22FNO3.